The quantitative estimate of drug-likeness (QED) is 0.0519. The third-order valence-corrected chi connectivity index (χ3v) is 8.51. The van der Waals surface area contributed by atoms with Crippen molar-refractivity contribution >= 4 is 47.5 Å². The fourth-order valence-corrected chi connectivity index (χ4v) is 6.40. The average Bonchev–Trinajstić information content (AvgIpc) is 3.49. The first-order chi connectivity index (χ1) is 18.3. The lowest BCUT2D eigenvalue weighted by atomic mass is 9.83. The molecule has 2 fully saturated rings. The number of nitrogens with zero attached hydrogens (tertiary/aromatic N) is 2. The van der Waals surface area contributed by atoms with Crippen molar-refractivity contribution in [1.82, 2.24) is 4.90 Å². The third kappa shape index (κ3) is 7.99. The molecule has 3 aliphatic rings. The molecule has 2 amide bonds. The van der Waals surface area contributed by atoms with E-state index in [1.807, 2.05) is 21.1 Å². The number of fused-ring (bicyclic) bond motifs is 5. The summed E-state index contributed by atoms with van der Waals surface area (Å²) in [5, 5.41) is 0. The number of likely N-dealkylation sites (tertiary alicyclic amines) is 1. The summed E-state index contributed by atoms with van der Waals surface area (Å²) >= 11 is 3.31. The van der Waals surface area contributed by atoms with E-state index in [0.29, 0.717) is 11.0 Å². The number of likely N-dealkylation sites (N-methyl/N-ethyl adjacent to an activating group) is 1. The van der Waals surface area contributed by atoms with E-state index in [9.17, 15) is 28.6 Å². The van der Waals surface area contributed by atoms with Crippen LogP contribution in [0.25, 0.3) is 0 Å². The highest BCUT2D eigenvalue weighted by Crippen LogP contribution is 2.45. The van der Waals surface area contributed by atoms with Gasteiger partial charge in [-0.3, -0.25) is 33.1 Å². The maximum atomic E-state index is 12.8. The summed E-state index contributed by atoms with van der Waals surface area (Å²) in [6.45, 7) is 4.31. The van der Waals surface area contributed by atoms with Crippen molar-refractivity contribution < 1.29 is 56.4 Å². The van der Waals surface area contributed by atoms with Gasteiger partial charge in [-0.2, -0.15) is 0 Å². The van der Waals surface area contributed by atoms with Crippen molar-refractivity contribution in [2.75, 3.05) is 60.7 Å². The SMILES string of the molecule is CC(C)(CC(C)(Br)C(=O)OCCOP(=O)(O)OCC[N+](C)(C)C)C(=O)OCCN1C(=O)C2C3C=CC(O3)C2C1=O. The van der Waals surface area contributed by atoms with Gasteiger partial charge in [0.1, 0.15) is 30.7 Å². The Morgan fingerprint density at radius 2 is 1.50 bits per heavy atom. The maximum Gasteiger partial charge on any atom is 0.472 e. The molecule has 0 saturated carbocycles. The maximum absolute atomic E-state index is 12.8. The second-order valence-electron chi connectivity index (χ2n) is 12.0. The summed E-state index contributed by atoms with van der Waals surface area (Å²) in [6.07, 6.45) is 2.81. The Kier molecular flexibility index (Phi) is 10.1. The number of ether oxygens (including phenoxy) is 3. The van der Waals surface area contributed by atoms with E-state index in [1.54, 1.807) is 26.0 Å². The molecule has 6 unspecified atom stereocenters. The van der Waals surface area contributed by atoms with E-state index in [4.69, 9.17) is 23.3 Å². The van der Waals surface area contributed by atoms with E-state index in [-0.39, 0.29) is 63.4 Å². The minimum Gasteiger partial charge on any atom is -0.463 e. The first-order valence-corrected chi connectivity index (χ1v) is 15.3. The fraction of sp³-hybridized carbons (Fsp3) is 0.760. The summed E-state index contributed by atoms with van der Waals surface area (Å²) in [7, 11) is 1.43. The summed E-state index contributed by atoms with van der Waals surface area (Å²) in [6, 6.07) is 0. The van der Waals surface area contributed by atoms with E-state index < -0.39 is 41.3 Å². The zero-order valence-electron chi connectivity index (χ0n) is 23.7. The number of esters is 2. The van der Waals surface area contributed by atoms with Gasteiger partial charge < -0.3 is 23.6 Å². The number of phosphoric ester groups is 1. The van der Waals surface area contributed by atoms with Gasteiger partial charge in [-0.05, 0) is 27.2 Å². The highest BCUT2D eigenvalue weighted by Gasteiger charge is 2.60. The number of carbonyl (C=O) groups is 4. The van der Waals surface area contributed by atoms with Crippen molar-refractivity contribution in [3.05, 3.63) is 12.2 Å². The normalized spacial score (nSPS) is 26.9. The third-order valence-electron chi connectivity index (χ3n) is 6.89. The number of hydrogen-bond acceptors (Lipinski definition) is 10. The molecule has 0 spiro atoms. The molecule has 15 heteroatoms. The van der Waals surface area contributed by atoms with Crippen molar-refractivity contribution in [3.63, 3.8) is 0 Å². The van der Waals surface area contributed by atoms with Gasteiger partial charge in [0, 0.05) is 0 Å². The minimum atomic E-state index is -4.29. The lowest BCUT2D eigenvalue weighted by Gasteiger charge is -2.30. The van der Waals surface area contributed by atoms with E-state index in [1.165, 1.54) is 6.92 Å². The van der Waals surface area contributed by atoms with Gasteiger partial charge in [-0.1, -0.05) is 28.1 Å². The van der Waals surface area contributed by atoms with E-state index >= 15 is 0 Å². The molecule has 226 valence electrons. The predicted molar refractivity (Wildman–Crippen MR) is 144 cm³/mol. The number of halogens is 1. The van der Waals surface area contributed by atoms with E-state index in [2.05, 4.69) is 15.9 Å². The number of quaternary nitrogens is 1. The van der Waals surface area contributed by atoms with Crippen LogP contribution in [-0.2, 0) is 47.0 Å². The van der Waals surface area contributed by atoms with Crippen molar-refractivity contribution in [2.45, 2.75) is 43.7 Å². The molecule has 6 atom stereocenters. The highest BCUT2D eigenvalue weighted by atomic mass is 79.9. The number of phosphoric acid groups is 1. The van der Waals surface area contributed by atoms with Crippen LogP contribution < -0.4 is 0 Å². The smallest absolute Gasteiger partial charge is 0.463 e. The topological polar surface area (TPSA) is 155 Å². The molecule has 2 saturated heterocycles. The summed E-state index contributed by atoms with van der Waals surface area (Å²) < 4.78 is 37.1. The molecule has 2 bridgehead atoms. The molecule has 13 nitrogen and oxygen atoms in total. The standard InChI is InChI=1S/C25H38BrN2O11P/c1-24(2,15-25(3,26)23(32)36-13-14-38-40(33,34)37-12-10-28(4,5)6)22(31)35-11-9-27-20(29)18-16-7-8-17(39-16)19(18)21(27)30/h7-8,16-19H,9-15H2,1-6H3/p+1. The molecule has 3 rings (SSSR count). The largest absolute Gasteiger partial charge is 0.472 e. The summed E-state index contributed by atoms with van der Waals surface area (Å²) in [5.74, 6) is -3.02. The second-order valence-corrected chi connectivity index (χ2v) is 15.2. The Bertz CT molecular complexity index is 1060. The first kappa shape index (κ1) is 32.8. The molecule has 0 aliphatic carbocycles. The molecular weight excluding hydrogens is 615 g/mol. The van der Waals surface area contributed by atoms with Crippen LogP contribution in [0.2, 0.25) is 0 Å². The first-order valence-electron chi connectivity index (χ1n) is 13.0. The van der Waals surface area contributed by atoms with Crippen LogP contribution in [0, 0.1) is 17.3 Å². The van der Waals surface area contributed by atoms with E-state index in [0.717, 1.165) is 4.90 Å². The van der Waals surface area contributed by atoms with Crippen LogP contribution in [0.5, 0.6) is 0 Å². The fourth-order valence-electron chi connectivity index (χ4n) is 4.89. The van der Waals surface area contributed by atoms with Crippen molar-refractivity contribution in [2.24, 2.45) is 17.3 Å². The number of amides is 2. The van der Waals surface area contributed by atoms with Gasteiger partial charge in [-0.25, -0.2) is 4.57 Å². The lowest BCUT2D eigenvalue weighted by Crippen LogP contribution is -2.41. The van der Waals surface area contributed by atoms with Crippen LogP contribution in [0.3, 0.4) is 0 Å². The van der Waals surface area contributed by atoms with Crippen LogP contribution in [0.1, 0.15) is 27.2 Å². The molecule has 3 aliphatic heterocycles. The van der Waals surface area contributed by atoms with Gasteiger partial charge in [-0.15, -0.1) is 0 Å². The number of hydrogen-bond donors (Lipinski definition) is 1. The monoisotopic (exact) mass is 653 g/mol. The van der Waals surface area contributed by atoms with Crippen LogP contribution in [0.4, 0.5) is 0 Å². The van der Waals surface area contributed by atoms with Gasteiger partial charge in [0.25, 0.3) is 0 Å². The molecule has 0 aromatic rings. The number of imide groups is 1. The molecular formula is C25H39BrN2O11P+. The van der Waals surface area contributed by atoms with Gasteiger partial charge >= 0.3 is 19.8 Å². The zero-order valence-corrected chi connectivity index (χ0v) is 26.1. The van der Waals surface area contributed by atoms with Crippen LogP contribution >= 0.6 is 23.8 Å². The predicted octanol–water partition coefficient (Wildman–Crippen LogP) is 1.42. The highest BCUT2D eigenvalue weighted by molar-refractivity contribution is 9.10. The molecule has 0 radical (unpaired) electrons. The van der Waals surface area contributed by atoms with Crippen LogP contribution in [0.15, 0.2) is 12.2 Å². The Morgan fingerprint density at radius 3 is 2.05 bits per heavy atom. The zero-order chi connectivity index (χ0) is 30.1. The van der Waals surface area contributed by atoms with Gasteiger partial charge in [0.15, 0.2) is 0 Å². The second kappa shape index (κ2) is 12.3. The molecule has 0 aromatic carbocycles. The molecule has 0 aromatic heterocycles. The minimum absolute atomic E-state index is 0.0106. The number of rotatable bonds is 15. The Balaban J connectivity index is 1.39. The van der Waals surface area contributed by atoms with Crippen LogP contribution in [-0.4, -0.2) is 115 Å². The van der Waals surface area contributed by atoms with Crippen molar-refractivity contribution in [1.29, 1.82) is 0 Å². The molecule has 1 N–H and O–H groups in total. The van der Waals surface area contributed by atoms with Gasteiger partial charge in [0.05, 0.1) is 63.8 Å². The Morgan fingerprint density at radius 1 is 0.975 bits per heavy atom. The number of alkyl halides is 1. The van der Waals surface area contributed by atoms with Gasteiger partial charge in [0.2, 0.25) is 11.8 Å². The molecule has 40 heavy (non-hydrogen) atoms. The Hall–Kier alpha value is -1.67. The lowest BCUT2D eigenvalue weighted by molar-refractivity contribution is -0.870. The average molecular weight is 654 g/mol. The van der Waals surface area contributed by atoms with Crippen molar-refractivity contribution in [3.8, 4) is 0 Å². The number of carbonyl (C=O) groups excluding carboxylic acids is 4. The Labute approximate surface area is 242 Å². The summed E-state index contributed by atoms with van der Waals surface area (Å²) in [5.41, 5.74) is -1.14. The summed E-state index contributed by atoms with van der Waals surface area (Å²) in [4.78, 5) is 61.8. The molecule has 3 heterocycles.